The van der Waals surface area contributed by atoms with Gasteiger partial charge in [-0.25, -0.2) is 0 Å². The Morgan fingerprint density at radius 3 is 1.42 bits per heavy atom. The molecule has 6 unspecified atom stereocenters. The lowest BCUT2D eigenvalue weighted by Gasteiger charge is -2.44. The predicted octanol–water partition coefficient (Wildman–Crippen LogP) is 1.83. The Labute approximate surface area is 163 Å². The molecule has 0 aromatic carbocycles. The van der Waals surface area contributed by atoms with Crippen LogP contribution in [0.1, 0.15) is 54.4 Å². The van der Waals surface area contributed by atoms with Gasteiger partial charge in [-0.15, -0.1) is 0 Å². The number of piperazine rings is 1. The van der Waals surface area contributed by atoms with Gasteiger partial charge in [0.15, 0.2) is 0 Å². The van der Waals surface area contributed by atoms with Crippen LogP contribution in [-0.2, 0) is 9.59 Å². The van der Waals surface area contributed by atoms with Gasteiger partial charge in [0.2, 0.25) is 11.8 Å². The molecule has 1 saturated heterocycles. The van der Waals surface area contributed by atoms with Gasteiger partial charge in [-0.3, -0.25) is 9.59 Å². The molecule has 0 saturated carbocycles. The van der Waals surface area contributed by atoms with Gasteiger partial charge >= 0.3 is 0 Å². The van der Waals surface area contributed by atoms with E-state index in [0.29, 0.717) is 11.8 Å². The molecule has 8 heteroatoms. The van der Waals surface area contributed by atoms with Gasteiger partial charge in [0, 0.05) is 13.1 Å². The molecule has 0 aromatic heterocycles. The highest BCUT2D eigenvalue weighted by Crippen LogP contribution is 2.35. The van der Waals surface area contributed by atoms with Crippen LogP contribution in [0.25, 0.3) is 0 Å². The van der Waals surface area contributed by atoms with Crippen LogP contribution in [-0.4, -0.2) is 37.0 Å². The van der Waals surface area contributed by atoms with Crippen molar-refractivity contribution in [2.45, 2.75) is 66.5 Å². The van der Waals surface area contributed by atoms with E-state index in [-0.39, 0.29) is 22.6 Å². The minimum absolute atomic E-state index is 0.0736. The molecule has 6 nitrogen and oxygen atoms in total. The summed E-state index contributed by atoms with van der Waals surface area (Å²) in [4.78, 5) is 25.7. The summed E-state index contributed by atoms with van der Waals surface area (Å²) in [6.45, 7) is 14.2. The Bertz CT molecular complexity index is 456. The molecule has 4 N–H and O–H groups in total. The van der Waals surface area contributed by atoms with Crippen molar-refractivity contribution in [2.24, 2.45) is 22.7 Å². The van der Waals surface area contributed by atoms with E-state index in [2.05, 4.69) is 81.1 Å². The fourth-order valence-electron chi connectivity index (χ4n) is 4.26. The predicted molar refractivity (Wildman–Crippen MR) is 114 cm³/mol. The number of carbonyl (C=O) groups is 2. The highest BCUT2D eigenvalue weighted by Gasteiger charge is 2.47. The first-order valence-corrected chi connectivity index (χ1v) is 10.6. The molecular weight excluding hydrogens is 366 g/mol. The molecule has 0 spiro atoms. The lowest BCUT2D eigenvalue weighted by Crippen LogP contribution is -2.69. The smallest absolute Gasteiger partial charge is 0.243 e. The zero-order valence-corrected chi connectivity index (χ0v) is 19.4. The highest BCUT2D eigenvalue weighted by molar-refractivity contribution is 7.13. The number of nitrogens with one attached hydrogen (secondary N) is 4. The van der Waals surface area contributed by atoms with E-state index in [4.69, 9.17) is 0 Å². The summed E-state index contributed by atoms with van der Waals surface area (Å²) in [6.07, 6.45) is 1.69. The van der Waals surface area contributed by atoms with Crippen LogP contribution < -0.4 is 20.8 Å². The van der Waals surface area contributed by atoms with E-state index in [9.17, 15) is 9.59 Å². The summed E-state index contributed by atoms with van der Waals surface area (Å²) in [5, 5.41) is 12.2. The van der Waals surface area contributed by atoms with Crippen molar-refractivity contribution in [1.82, 2.24) is 20.8 Å². The van der Waals surface area contributed by atoms with E-state index >= 15 is 0 Å². The normalized spacial score (nSPS) is 24.0. The lowest BCUT2D eigenvalue weighted by molar-refractivity contribution is -0.143. The first-order valence-electron chi connectivity index (χ1n) is 9.42. The third-order valence-electron chi connectivity index (χ3n) is 5.34. The third kappa shape index (κ3) is 6.41. The summed E-state index contributed by atoms with van der Waals surface area (Å²) in [5.74, 6) is 0.661. The van der Waals surface area contributed by atoms with Gasteiger partial charge < -0.3 is 20.8 Å². The number of rotatable bonds is 10. The zero-order valence-electron chi connectivity index (χ0n) is 17.1. The topological polar surface area (TPSA) is 82.3 Å². The Kier molecular flexibility index (Phi) is 8.93. The Balaban J connectivity index is 2.83. The number of hydrogen-bond donors (Lipinski definition) is 4. The van der Waals surface area contributed by atoms with Gasteiger partial charge in [-0.2, -0.15) is 0 Å². The summed E-state index contributed by atoms with van der Waals surface area (Å²) >= 11 is 0. The summed E-state index contributed by atoms with van der Waals surface area (Å²) in [5.41, 5.74) is -0.626. The Hall–Kier alpha value is -0.280. The third-order valence-corrected chi connectivity index (χ3v) is 5.81. The average Bonchev–Trinajstić information content (AvgIpc) is 2.48. The molecule has 0 aliphatic carbocycles. The Morgan fingerprint density at radius 2 is 1.15 bits per heavy atom. The fourth-order valence-corrected chi connectivity index (χ4v) is 5.07. The molecule has 0 aromatic rings. The highest BCUT2D eigenvalue weighted by atomic mass is 31.0. The van der Waals surface area contributed by atoms with E-state index in [1.54, 1.807) is 0 Å². The van der Waals surface area contributed by atoms with Gasteiger partial charge in [-0.05, 0) is 35.5 Å². The fraction of sp³-hybridized carbons (Fsp3) is 0.889. The quantitative estimate of drug-likeness (QED) is 0.419. The van der Waals surface area contributed by atoms with E-state index < -0.39 is 12.1 Å². The maximum Gasteiger partial charge on any atom is 0.243 e. The average molecular weight is 404 g/mol. The van der Waals surface area contributed by atoms with Crippen molar-refractivity contribution in [3.05, 3.63) is 0 Å². The molecule has 1 aliphatic heterocycles. The number of hydrogen-bond acceptors (Lipinski definition) is 4. The molecule has 0 bridgehead atoms. The molecule has 1 heterocycles. The zero-order chi connectivity index (χ0) is 20.1. The molecule has 152 valence electrons. The molecule has 1 rings (SSSR count). The van der Waals surface area contributed by atoms with Gasteiger partial charge in [0.05, 0.1) is 0 Å². The second kappa shape index (κ2) is 9.78. The van der Waals surface area contributed by atoms with Crippen LogP contribution >= 0.6 is 18.8 Å². The second-order valence-corrected chi connectivity index (χ2v) is 10.1. The van der Waals surface area contributed by atoms with Crippen LogP contribution in [0.5, 0.6) is 0 Å². The van der Waals surface area contributed by atoms with Crippen molar-refractivity contribution in [1.29, 1.82) is 0 Å². The molecule has 2 amide bonds. The minimum Gasteiger partial charge on any atom is -0.342 e. The molecular formula is C18H38N4O2P2. The second-order valence-electron chi connectivity index (χ2n) is 9.30. The number of carbonyl (C=O) groups excluding carboxylic acids is 2. The largest absolute Gasteiger partial charge is 0.342 e. The lowest BCUT2D eigenvalue weighted by atomic mass is 9.72. The number of amides is 2. The minimum atomic E-state index is -0.500. The first-order chi connectivity index (χ1) is 11.9. The first kappa shape index (κ1) is 23.8. The molecule has 6 atom stereocenters. The summed E-state index contributed by atoms with van der Waals surface area (Å²) in [6, 6.07) is -1.000. The van der Waals surface area contributed by atoms with Crippen LogP contribution in [0.15, 0.2) is 0 Å². The molecule has 26 heavy (non-hydrogen) atoms. The van der Waals surface area contributed by atoms with Crippen molar-refractivity contribution in [3.8, 4) is 0 Å². The van der Waals surface area contributed by atoms with E-state index in [1.807, 2.05) is 0 Å². The van der Waals surface area contributed by atoms with Crippen LogP contribution in [0.3, 0.4) is 0 Å². The maximum absolute atomic E-state index is 12.8. The van der Waals surface area contributed by atoms with Crippen molar-refractivity contribution < 1.29 is 9.59 Å². The van der Waals surface area contributed by atoms with Gasteiger partial charge in [0.1, 0.15) is 12.1 Å². The van der Waals surface area contributed by atoms with Crippen molar-refractivity contribution in [3.63, 3.8) is 0 Å². The van der Waals surface area contributed by atoms with Crippen LogP contribution in [0.2, 0.25) is 0 Å². The van der Waals surface area contributed by atoms with Gasteiger partial charge in [-0.1, -0.05) is 60.3 Å². The standard InChI is InChI=1S/C18H38N4O2P2/c1-11(9-19-25)7-17(3,4)13-15(23)22-14(16(24)21-13)18(5,6)8-12(2)10-20-26/h11-14,19-20H,7-10,25-26H2,1-6H3,(H,21,24)(H,22,23). The van der Waals surface area contributed by atoms with E-state index in [1.165, 1.54) is 0 Å². The van der Waals surface area contributed by atoms with Crippen LogP contribution in [0.4, 0.5) is 0 Å². The Morgan fingerprint density at radius 1 is 0.846 bits per heavy atom. The molecule has 0 radical (unpaired) electrons. The van der Waals surface area contributed by atoms with Crippen molar-refractivity contribution >= 4 is 30.6 Å². The maximum atomic E-state index is 12.8. The molecule has 1 aliphatic rings. The van der Waals surface area contributed by atoms with E-state index in [0.717, 1.165) is 25.9 Å². The van der Waals surface area contributed by atoms with Crippen molar-refractivity contribution in [2.75, 3.05) is 13.1 Å². The summed E-state index contributed by atoms with van der Waals surface area (Å²) in [7, 11) is 5.02. The molecule has 1 fully saturated rings. The van der Waals surface area contributed by atoms with Gasteiger partial charge in [0.25, 0.3) is 0 Å². The van der Waals surface area contributed by atoms with Crippen LogP contribution in [0, 0.1) is 22.7 Å². The SMILES string of the molecule is CC(CNP)CC(C)(C)C1NC(=O)C(C(C)(C)CC(C)CNP)NC1=O. The summed E-state index contributed by atoms with van der Waals surface area (Å²) < 4.78 is 0. The monoisotopic (exact) mass is 404 g/mol.